The summed E-state index contributed by atoms with van der Waals surface area (Å²) >= 11 is 0. The number of rotatable bonds is 6. The number of nitrogens with zero attached hydrogens (tertiary/aromatic N) is 1. The lowest BCUT2D eigenvalue weighted by Crippen LogP contribution is -2.31. The van der Waals surface area contributed by atoms with E-state index in [9.17, 15) is 9.59 Å². The highest BCUT2D eigenvalue weighted by atomic mass is 16.6. The van der Waals surface area contributed by atoms with E-state index in [0.29, 0.717) is 17.0 Å². The zero-order valence-corrected chi connectivity index (χ0v) is 15.0. The fourth-order valence-electron chi connectivity index (χ4n) is 2.99. The number of para-hydroxylation sites is 1. The van der Waals surface area contributed by atoms with Gasteiger partial charge >= 0.3 is 5.97 Å². The Hall–Kier alpha value is -3.33. The molecule has 1 aliphatic rings. The number of carbonyl (C=O) groups excluding carboxylic acids is 2. The highest BCUT2D eigenvalue weighted by Gasteiger charge is 2.19. The first-order valence-corrected chi connectivity index (χ1v) is 8.81. The molecule has 0 aliphatic heterocycles. The van der Waals surface area contributed by atoms with Crippen molar-refractivity contribution in [3.63, 3.8) is 0 Å². The fourth-order valence-corrected chi connectivity index (χ4v) is 2.99. The van der Waals surface area contributed by atoms with Crippen molar-refractivity contribution in [1.29, 1.82) is 5.26 Å². The molecule has 0 bridgehead atoms. The first-order valence-electron chi connectivity index (χ1n) is 8.81. The monoisotopic (exact) mass is 364 g/mol. The highest BCUT2D eigenvalue weighted by molar-refractivity contribution is 5.96. The van der Waals surface area contributed by atoms with Crippen LogP contribution in [0.5, 0.6) is 5.75 Å². The molecule has 1 amide bonds. The van der Waals surface area contributed by atoms with Gasteiger partial charge in [0.25, 0.3) is 5.91 Å². The third-order valence-corrected chi connectivity index (χ3v) is 4.41. The number of fused-ring (bicyclic) bond motifs is 1. The Kier molecular flexibility index (Phi) is 5.72. The second-order valence-corrected chi connectivity index (χ2v) is 6.35. The van der Waals surface area contributed by atoms with Gasteiger partial charge in [0, 0.05) is 0 Å². The summed E-state index contributed by atoms with van der Waals surface area (Å²) in [6.45, 7) is 1.20. The van der Waals surface area contributed by atoms with Gasteiger partial charge in [-0.15, -0.1) is 0 Å². The van der Waals surface area contributed by atoms with Crippen molar-refractivity contribution < 1.29 is 19.1 Å². The zero-order chi connectivity index (χ0) is 19.2. The Balaban J connectivity index is 1.50. The third-order valence-electron chi connectivity index (χ3n) is 4.41. The lowest BCUT2D eigenvalue weighted by Gasteiger charge is -2.14. The summed E-state index contributed by atoms with van der Waals surface area (Å²) in [5, 5.41) is 11.6. The predicted octanol–water partition coefficient (Wildman–Crippen LogP) is 3.00. The van der Waals surface area contributed by atoms with Crippen molar-refractivity contribution in [3.05, 3.63) is 59.2 Å². The number of ether oxygens (including phenoxy) is 2. The van der Waals surface area contributed by atoms with E-state index in [1.165, 1.54) is 18.1 Å². The molecule has 1 aliphatic carbocycles. The van der Waals surface area contributed by atoms with Crippen molar-refractivity contribution in [3.8, 4) is 11.8 Å². The normalized spacial score (nSPS) is 13.2. The smallest absolute Gasteiger partial charge is 0.344 e. The van der Waals surface area contributed by atoms with E-state index >= 15 is 0 Å². The summed E-state index contributed by atoms with van der Waals surface area (Å²) in [7, 11) is 0. The Labute approximate surface area is 157 Å². The molecule has 0 aromatic heterocycles. The summed E-state index contributed by atoms with van der Waals surface area (Å²) in [5.74, 6) is -0.525. The summed E-state index contributed by atoms with van der Waals surface area (Å²) < 4.78 is 10.6. The van der Waals surface area contributed by atoms with E-state index in [-0.39, 0.29) is 6.61 Å². The van der Waals surface area contributed by atoms with Gasteiger partial charge in [0.15, 0.2) is 12.7 Å². The molecule has 0 saturated heterocycles. The Morgan fingerprint density at radius 2 is 1.96 bits per heavy atom. The number of anilines is 1. The molecule has 0 radical (unpaired) electrons. The lowest BCUT2D eigenvalue weighted by molar-refractivity contribution is -0.155. The number of amides is 1. The zero-order valence-electron chi connectivity index (χ0n) is 15.0. The number of carbonyl (C=O) groups is 2. The van der Waals surface area contributed by atoms with Gasteiger partial charge in [-0.2, -0.15) is 5.26 Å². The van der Waals surface area contributed by atoms with Crippen LogP contribution in [0.15, 0.2) is 42.5 Å². The van der Waals surface area contributed by atoms with Crippen LogP contribution in [-0.2, 0) is 27.2 Å². The summed E-state index contributed by atoms with van der Waals surface area (Å²) in [6.07, 6.45) is 2.24. The summed E-state index contributed by atoms with van der Waals surface area (Å²) in [6, 6.07) is 14.4. The molecule has 27 heavy (non-hydrogen) atoms. The van der Waals surface area contributed by atoms with Crippen LogP contribution in [0, 0.1) is 11.3 Å². The van der Waals surface area contributed by atoms with Crippen LogP contribution < -0.4 is 10.1 Å². The van der Waals surface area contributed by atoms with Gasteiger partial charge in [-0.1, -0.05) is 18.2 Å². The molecule has 0 heterocycles. The van der Waals surface area contributed by atoms with Crippen molar-refractivity contribution in [2.45, 2.75) is 32.3 Å². The number of nitrogens with one attached hydrogen (secondary N) is 1. The number of esters is 1. The Morgan fingerprint density at radius 1 is 1.19 bits per heavy atom. The molecule has 2 aromatic rings. The molecule has 6 heteroatoms. The van der Waals surface area contributed by atoms with Gasteiger partial charge in [0.1, 0.15) is 11.8 Å². The number of hydrogen-bond donors (Lipinski definition) is 1. The molecule has 3 rings (SSSR count). The lowest BCUT2D eigenvalue weighted by atomic mass is 10.1. The fraction of sp³-hybridized carbons (Fsp3) is 0.286. The maximum Gasteiger partial charge on any atom is 0.344 e. The first-order chi connectivity index (χ1) is 13.1. The van der Waals surface area contributed by atoms with Crippen LogP contribution in [0.1, 0.15) is 30.0 Å². The largest absolute Gasteiger partial charge is 0.482 e. The average Bonchev–Trinajstić information content (AvgIpc) is 3.14. The maximum absolute atomic E-state index is 12.2. The molecular formula is C21H20N2O4. The predicted molar refractivity (Wildman–Crippen MR) is 99.3 cm³/mol. The topological polar surface area (TPSA) is 88.4 Å². The van der Waals surface area contributed by atoms with Gasteiger partial charge in [0.05, 0.1) is 11.3 Å². The number of aryl methyl sites for hydroxylation is 2. The van der Waals surface area contributed by atoms with Gasteiger partial charge < -0.3 is 14.8 Å². The number of benzene rings is 2. The van der Waals surface area contributed by atoms with E-state index < -0.39 is 18.0 Å². The van der Waals surface area contributed by atoms with Gasteiger partial charge in [0.2, 0.25) is 0 Å². The van der Waals surface area contributed by atoms with Crippen LogP contribution in [-0.4, -0.2) is 24.6 Å². The van der Waals surface area contributed by atoms with Crippen molar-refractivity contribution in [1.82, 2.24) is 0 Å². The second kappa shape index (κ2) is 8.37. The molecule has 0 fully saturated rings. The Bertz CT molecular complexity index is 901. The van der Waals surface area contributed by atoms with Crippen molar-refractivity contribution in [2.24, 2.45) is 0 Å². The van der Waals surface area contributed by atoms with Crippen molar-refractivity contribution >= 4 is 17.6 Å². The third kappa shape index (κ3) is 4.64. The molecule has 6 nitrogen and oxygen atoms in total. The van der Waals surface area contributed by atoms with Crippen LogP contribution in [0.4, 0.5) is 5.69 Å². The quantitative estimate of drug-likeness (QED) is 0.796. The molecule has 0 saturated carbocycles. The standard InChI is InChI=1S/C21H20N2O4/c1-14(21(25)23-19-8-3-2-5-17(19)12-22)27-20(24)13-26-18-10-9-15-6-4-7-16(15)11-18/h2-3,5,8-11,14H,4,6-7,13H2,1H3,(H,23,25)/t14-/m1/s1. The van der Waals surface area contributed by atoms with Gasteiger partial charge in [-0.05, 0) is 61.6 Å². The van der Waals surface area contributed by atoms with Crippen LogP contribution in [0.2, 0.25) is 0 Å². The summed E-state index contributed by atoms with van der Waals surface area (Å²) in [4.78, 5) is 24.1. The molecular weight excluding hydrogens is 344 g/mol. The molecule has 1 atom stereocenters. The van der Waals surface area contributed by atoms with E-state index in [4.69, 9.17) is 14.7 Å². The van der Waals surface area contributed by atoms with E-state index in [2.05, 4.69) is 5.32 Å². The first kappa shape index (κ1) is 18.5. The SMILES string of the molecule is C[C@@H](OC(=O)COc1ccc2c(c1)CCC2)C(=O)Nc1ccccc1C#N. The minimum Gasteiger partial charge on any atom is -0.482 e. The van der Waals surface area contributed by atoms with E-state index in [0.717, 1.165) is 19.3 Å². The minimum atomic E-state index is -1.01. The second-order valence-electron chi connectivity index (χ2n) is 6.35. The van der Waals surface area contributed by atoms with Crippen molar-refractivity contribution in [2.75, 3.05) is 11.9 Å². The maximum atomic E-state index is 12.2. The van der Waals surface area contributed by atoms with Crippen LogP contribution >= 0.6 is 0 Å². The molecule has 1 N–H and O–H groups in total. The van der Waals surface area contributed by atoms with E-state index in [1.54, 1.807) is 24.3 Å². The number of nitriles is 1. The molecule has 138 valence electrons. The molecule has 2 aromatic carbocycles. The summed E-state index contributed by atoms with van der Waals surface area (Å²) in [5.41, 5.74) is 3.30. The van der Waals surface area contributed by atoms with Gasteiger partial charge in [-0.3, -0.25) is 4.79 Å². The number of hydrogen-bond acceptors (Lipinski definition) is 5. The average molecular weight is 364 g/mol. The van der Waals surface area contributed by atoms with Crippen LogP contribution in [0.3, 0.4) is 0 Å². The molecule has 0 unspecified atom stereocenters. The van der Waals surface area contributed by atoms with Crippen LogP contribution in [0.25, 0.3) is 0 Å². The molecule has 0 spiro atoms. The van der Waals surface area contributed by atoms with E-state index in [1.807, 2.05) is 24.3 Å². The Morgan fingerprint density at radius 3 is 2.78 bits per heavy atom. The highest BCUT2D eigenvalue weighted by Crippen LogP contribution is 2.26. The minimum absolute atomic E-state index is 0.273. The van der Waals surface area contributed by atoms with Gasteiger partial charge in [-0.25, -0.2) is 4.79 Å².